The summed E-state index contributed by atoms with van der Waals surface area (Å²) in [5.74, 6) is 0. The summed E-state index contributed by atoms with van der Waals surface area (Å²) >= 11 is 0. The summed E-state index contributed by atoms with van der Waals surface area (Å²) < 4.78 is 1.84. The van der Waals surface area contributed by atoms with Gasteiger partial charge in [0.2, 0.25) is 0 Å². The summed E-state index contributed by atoms with van der Waals surface area (Å²) in [7, 11) is 0. The largest absolute Gasteiger partial charge is 0.296 e. The van der Waals surface area contributed by atoms with Gasteiger partial charge >= 0.3 is 0 Å². The quantitative estimate of drug-likeness (QED) is 0.564. The third-order valence-electron chi connectivity index (χ3n) is 3.14. The summed E-state index contributed by atoms with van der Waals surface area (Å²) in [5.41, 5.74) is 2.24. The summed E-state index contributed by atoms with van der Waals surface area (Å²) in [4.78, 5) is 11.1. The highest BCUT2D eigenvalue weighted by atomic mass is 16.1. The Morgan fingerprint density at radius 1 is 1.16 bits per heavy atom. The monoisotopic (exact) mass is 257 g/mol. The molecule has 1 aromatic heterocycles. The highest BCUT2D eigenvalue weighted by molar-refractivity contribution is 5.83. The van der Waals surface area contributed by atoms with E-state index >= 15 is 0 Å². The Morgan fingerprint density at radius 3 is 2.63 bits per heavy atom. The highest BCUT2D eigenvalue weighted by Crippen LogP contribution is 2.21. The van der Waals surface area contributed by atoms with Crippen LogP contribution in [0, 0.1) is 0 Å². The maximum Gasteiger partial charge on any atom is 0.172 e. The van der Waals surface area contributed by atoms with Crippen LogP contribution in [0.5, 0.6) is 0 Å². The second-order valence-electron chi connectivity index (χ2n) is 4.59. The van der Waals surface area contributed by atoms with Crippen molar-refractivity contribution in [3.8, 4) is 11.3 Å². The van der Waals surface area contributed by atoms with Gasteiger partial charge in [0.15, 0.2) is 12.0 Å². The van der Waals surface area contributed by atoms with E-state index < -0.39 is 0 Å². The second kappa shape index (κ2) is 6.83. The van der Waals surface area contributed by atoms with Crippen LogP contribution in [-0.4, -0.2) is 21.3 Å². The number of benzene rings is 1. The van der Waals surface area contributed by atoms with Gasteiger partial charge in [-0.15, -0.1) is 5.10 Å². The second-order valence-corrected chi connectivity index (χ2v) is 4.59. The van der Waals surface area contributed by atoms with Crippen molar-refractivity contribution in [1.82, 2.24) is 15.0 Å². The van der Waals surface area contributed by atoms with Crippen molar-refractivity contribution in [3.63, 3.8) is 0 Å². The molecule has 0 N–H and O–H groups in total. The molecular formula is C15H19N3O. The third-order valence-corrected chi connectivity index (χ3v) is 3.14. The summed E-state index contributed by atoms with van der Waals surface area (Å²) in [6.45, 7) is 3.00. The molecule has 0 saturated heterocycles. The van der Waals surface area contributed by atoms with Crippen molar-refractivity contribution in [2.75, 3.05) is 0 Å². The minimum atomic E-state index is 0.418. The van der Waals surface area contributed by atoms with Crippen molar-refractivity contribution in [1.29, 1.82) is 0 Å². The van der Waals surface area contributed by atoms with E-state index in [2.05, 4.69) is 17.2 Å². The Kier molecular flexibility index (Phi) is 4.84. The smallest absolute Gasteiger partial charge is 0.172 e. The van der Waals surface area contributed by atoms with E-state index in [-0.39, 0.29) is 0 Å². The molecule has 0 radical (unpaired) electrons. The first-order valence-electron chi connectivity index (χ1n) is 6.81. The van der Waals surface area contributed by atoms with Gasteiger partial charge < -0.3 is 0 Å². The molecule has 0 aliphatic rings. The predicted octanol–water partition coefficient (Wildman–Crippen LogP) is 3.34. The van der Waals surface area contributed by atoms with Gasteiger partial charge in [-0.1, -0.05) is 61.7 Å². The van der Waals surface area contributed by atoms with E-state index in [1.807, 2.05) is 35.0 Å². The average Bonchev–Trinajstić information content (AvgIpc) is 2.87. The minimum Gasteiger partial charge on any atom is -0.296 e. The Labute approximate surface area is 113 Å². The number of hydrogen-bond donors (Lipinski definition) is 0. The van der Waals surface area contributed by atoms with Crippen molar-refractivity contribution in [3.05, 3.63) is 36.0 Å². The fourth-order valence-corrected chi connectivity index (χ4v) is 2.14. The highest BCUT2D eigenvalue weighted by Gasteiger charge is 2.13. The first kappa shape index (κ1) is 13.5. The zero-order chi connectivity index (χ0) is 13.5. The van der Waals surface area contributed by atoms with Crippen molar-refractivity contribution >= 4 is 6.29 Å². The molecule has 1 aromatic carbocycles. The molecule has 2 rings (SSSR count). The molecule has 4 heteroatoms. The number of nitrogens with zero attached hydrogens (tertiary/aromatic N) is 3. The predicted molar refractivity (Wildman–Crippen MR) is 75.0 cm³/mol. The number of unbranched alkanes of at least 4 members (excludes halogenated alkanes) is 3. The van der Waals surface area contributed by atoms with E-state index in [1.54, 1.807) is 0 Å². The van der Waals surface area contributed by atoms with Crippen molar-refractivity contribution in [2.24, 2.45) is 0 Å². The number of rotatable bonds is 7. The van der Waals surface area contributed by atoms with Gasteiger partial charge in [-0.2, -0.15) is 0 Å². The van der Waals surface area contributed by atoms with Crippen LogP contribution in [0.25, 0.3) is 11.3 Å². The summed E-state index contributed by atoms with van der Waals surface area (Å²) in [5, 5.41) is 8.05. The van der Waals surface area contributed by atoms with Gasteiger partial charge in [-0.05, 0) is 6.42 Å². The van der Waals surface area contributed by atoms with E-state index in [0.717, 1.165) is 30.5 Å². The minimum absolute atomic E-state index is 0.418. The Hall–Kier alpha value is -1.97. The van der Waals surface area contributed by atoms with E-state index in [9.17, 15) is 4.79 Å². The van der Waals surface area contributed by atoms with Gasteiger partial charge in [0.05, 0.1) is 5.69 Å². The molecular weight excluding hydrogens is 238 g/mol. The molecule has 0 atom stereocenters. The van der Waals surface area contributed by atoms with E-state index in [1.165, 1.54) is 19.3 Å². The van der Waals surface area contributed by atoms with Gasteiger partial charge in [0, 0.05) is 12.1 Å². The van der Waals surface area contributed by atoms with Crippen molar-refractivity contribution < 1.29 is 4.79 Å². The first-order valence-corrected chi connectivity index (χ1v) is 6.81. The fraction of sp³-hybridized carbons (Fsp3) is 0.400. The van der Waals surface area contributed by atoms with Gasteiger partial charge in [0.25, 0.3) is 0 Å². The van der Waals surface area contributed by atoms with Gasteiger partial charge in [-0.3, -0.25) is 4.79 Å². The molecule has 0 aliphatic heterocycles. The van der Waals surface area contributed by atoms with Crippen LogP contribution < -0.4 is 0 Å². The van der Waals surface area contributed by atoms with Crippen LogP contribution in [0.15, 0.2) is 30.3 Å². The van der Waals surface area contributed by atoms with E-state index in [4.69, 9.17) is 0 Å². The molecule has 0 fully saturated rings. The van der Waals surface area contributed by atoms with Crippen LogP contribution in [0.2, 0.25) is 0 Å². The fourth-order valence-electron chi connectivity index (χ4n) is 2.14. The zero-order valence-electron chi connectivity index (χ0n) is 11.2. The molecule has 0 unspecified atom stereocenters. The number of carbonyl (C=O) groups is 1. The van der Waals surface area contributed by atoms with Crippen LogP contribution >= 0.6 is 0 Å². The van der Waals surface area contributed by atoms with Crippen LogP contribution in [0.4, 0.5) is 0 Å². The molecule has 0 spiro atoms. The number of aldehydes is 1. The lowest BCUT2D eigenvalue weighted by Gasteiger charge is -2.06. The zero-order valence-corrected chi connectivity index (χ0v) is 11.2. The molecule has 19 heavy (non-hydrogen) atoms. The van der Waals surface area contributed by atoms with E-state index in [0.29, 0.717) is 5.69 Å². The average molecular weight is 257 g/mol. The van der Waals surface area contributed by atoms with Crippen LogP contribution in [0.1, 0.15) is 43.1 Å². The lowest BCUT2D eigenvalue weighted by atomic mass is 10.1. The first-order chi connectivity index (χ1) is 9.36. The standard InChI is InChI=1S/C15H19N3O/c1-2-3-4-8-11-18-15(14(12-19)16-17-18)13-9-6-5-7-10-13/h5-7,9-10,12H,2-4,8,11H2,1H3. The lowest BCUT2D eigenvalue weighted by Crippen LogP contribution is -2.03. The maximum absolute atomic E-state index is 11.1. The molecule has 0 aliphatic carbocycles. The molecule has 1 heterocycles. The number of carbonyl (C=O) groups excluding carboxylic acids is 1. The van der Waals surface area contributed by atoms with Crippen LogP contribution in [-0.2, 0) is 6.54 Å². The third kappa shape index (κ3) is 3.28. The summed E-state index contributed by atoms with van der Waals surface area (Å²) in [6, 6.07) is 9.83. The van der Waals surface area contributed by atoms with Gasteiger partial charge in [-0.25, -0.2) is 4.68 Å². The van der Waals surface area contributed by atoms with Crippen LogP contribution in [0.3, 0.4) is 0 Å². The maximum atomic E-state index is 11.1. The number of aromatic nitrogens is 3. The topological polar surface area (TPSA) is 47.8 Å². The molecule has 0 saturated carbocycles. The Balaban J connectivity index is 2.20. The normalized spacial score (nSPS) is 10.6. The Bertz CT molecular complexity index is 519. The molecule has 0 bridgehead atoms. The number of aryl methyl sites for hydroxylation is 1. The Morgan fingerprint density at radius 2 is 1.95 bits per heavy atom. The molecule has 2 aromatic rings. The van der Waals surface area contributed by atoms with Gasteiger partial charge in [0.1, 0.15) is 0 Å². The molecule has 0 amide bonds. The molecule has 4 nitrogen and oxygen atoms in total. The number of hydrogen-bond acceptors (Lipinski definition) is 3. The SMILES string of the molecule is CCCCCCn1nnc(C=O)c1-c1ccccc1. The lowest BCUT2D eigenvalue weighted by molar-refractivity contribution is 0.111. The van der Waals surface area contributed by atoms with Crippen molar-refractivity contribution in [2.45, 2.75) is 39.2 Å². The molecule has 100 valence electrons. The summed E-state index contributed by atoms with van der Waals surface area (Å²) in [6.07, 6.45) is 5.46.